The van der Waals surface area contributed by atoms with Crippen LogP contribution in [0.2, 0.25) is 0 Å². The number of fused-ring (bicyclic) bond motifs is 1. The minimum Gasteiger partial charge on any atom is -0.419 e. The van der Waals surface area contributed by atoms with Crippen molar-refractivity contribution in [3.05, 3.63) is 65.3 Å². The van der Waals surface area contributed by atoms with Crippen molar-refractivity contribution in [2.75, 3.05) is 11.4 Å². The van der Waals surface area contributed by atoms with Crippen LogP contribution in [0.15, 0.2) is 46.9 Å². The molecule has 122 valence electrons. The summed E-state index contributed by atoms with van der Waals surface area (Å²) in [5, 5.41) is 8.32. The summed E-state index contributed by atoms with van der Waals surface area (Å²) in [6.07, 6.45) is 1.90. The van der Waals surface area contributed by atoms with Crippen molar-refractivity contribution >= 4 is 5.69 Å². The third-order valence-corrected chi connectivity index (χ3v) is 4.35. The summed E-state index contributed by atoms with van der Waals surface area (Å²) in [6.45, 7) is 3.48. The highest BCUT2D eigenvalue weighted by atomic mass is 19.1. The number of rotatable bonds is 3. The van der Waals surface area contributed by atoms with Gasteiger partial charge in [-0.1, -0.05) is 17.7 Å². The smallest absolute Gasteiger partial charge is 0.247 e. The molecule has 0 amide bonds. The van der Waals surface area contributed by atoms with E-state index in [9.17, 15) is 4.39 Å². The number of aromatic nitrogens is 2. The molecular formula is C19H18FN3O. The van der Waals surface area contributed by atoms with Gasteiger partial charge in [0, 0.05) is 17.8 Å². The third kappa shape index (κ3) is 2.89. The van der Waals surface area contributed by atoms with Crippen LogP contribution in [0.5, 0.6) is 0 Å². The predicted octanol–water partition coefficient (Wildman–Crippen LogP) is 4.14. The molecule has 3 aromatic rings. The maximum atomic E-state index is 13.4. The average Bonchev–Trinajstić information content (AvgIpc) is 3.04. The number of anilines is 1. The fourth-order valence-corrected chi connectivity index (χ4v) is 3.10. The number of aryl methyl sites for hydroxylation is 2. The van der Waals surface area contributed by atoms with Crippen LogP contribution in [0.3, 0.4) is 0 Å². The Balaban J connectivity index is 1.56. The second-order valence-electron chi connectivity index (χ2n) is 6.17. The molecule has 0 saturated carbocycles. The number of halogens is 1. The first-order valence-electron chi connectivity index (χ1n) is 8.12. The van der Waals surface area contributed by atoms with Gasteiger partial charge in [0.05, 0.1) is 6.54 Å². The highest BCUT2D eigenvalue weighted by Crippen LogP contribution is 2.29. The Labute approximate surface area is 139 Å². The number of hydrogen-bond donors (Lipinski definition) is 0. The number of hydrogen-bond acceptors (Lipinski definition) is 4. The Morgan fingerprint density at radius 3 is 2.79 bits per heavy atom. The summed E-state index contributed by atoms with van der Waals surface area (Å²) in [5.41, 5.74) is 4.20. The largest absolute Gasteiger partial charge is 0.419 e. The zero-order chi connectivity index (χ0) is 16.5. The summed E-state index contributed by atoms with van der Waals surface area (Å²) in [7, 11) is 0. The molecule has 1 aliphatic rings. The lowest BCUT2D eigenvalue weighted by molar-refractivity contribution is 0.493. The second kappa shape index (κ2) is 6.07. The molecule has 1 aromatic heterocycles. The molecular weight excluding hydrogens is 305 g/mol. The summed E-state index contributed by atoms with van der Waals surface area (Å²) in [6, 6.07) is 13.0. The van der Waals surface area contributed by atoms with Gasteiger partial charge in [-0.15, -0.1) is 10.2 Å². The van der Waals surface area contributed by atoms with Crippen LogP contribution in [-0.4, -0.2) is 16.7 Å². The first-order chi connectivity index (χ1) is 11.7. The Kier molecular flexibility index (Phi) is 3.76. The van der Waals surface area contributed by atoms with Crippen molar-refractivity contribution in [2.45, 2.75) is 26.3 Å². The van der Waals surface area contributed by atoms with Gasteiger partial charge in [0.2, 0.25) is 11.8 Å². The number of nitrogens with zero attached hydrogens (tertiary/aromatic N) is 3. The van der Waals surface area contributed by atoms with E-state index in [0.29, 0.717) is 18.3 Å². The van der Waals surface area contributed by atoms with Crippen LogP contribution in [0, 0.1) is 12.7 Å². The van der Waals surface area contributed by atoms with E-state index in [0.717, 1.165) is 36.2 Å². The highest BCUT2D eigenvalue weighted by Gasteiger charge is 2.20. The summed E-state index contributed by atoms with van der Waals surface area (Å²) >= 11 is 0. The monoisotopic (exact) mass is 323 g/mol. The molecule has 0 aliphatic carbocycles. The molecule has 2 aromatic carbocycles. The zero-order valence-corrected chi connectivity index (χ0v) is 13.5. The van der Waals surface area contributed by atoms with Gasteiger partial charge in [-0.3, -0.25) is 0 Å². The van der Waals surface area contributed by atoms with Crippen molar-refractivity contribution in [2.24, 2.45) is 0 Å². The molecule has 4 rings (SSSR count). The van der Waals surface area contributed by atoms with Crippen LogP contribution in [-0.2, 0) is 13.0 Å². The topological polar surface area (TPSA) is 42.2 Å². The van der Waals surface area contributed by atoms with Crippen molar-refractivity contribution < 1.29 is 8.81 Å². The van der Waals surface area contributed by atoms with E-state index in [-0.39, 0.29) is 5.82 Å². The van der Waals surface area contributed by atoms with Crippen LogP contribution >= 0.6 is 0 Å². The Bertz CT molecular complexity index is 857. The molecule has 0 unspecified atom stereocenters. The van der Waals surface area contributed by atoms with Gasteiger partial charge in [0.15, 0.2) is 0 Å². The maximum Gasteiger partial charge on any atom is 0.247 e. The van der Waals surface area contributed by atoms with Gasteiger partial charge in [0.25, 0.3) is 0 Å². The van der Waals surface area contributed by atoms with Gasteiger partial charge in [-0.25, -0.2) is 4.39 Å². The lowest BCUT2D eigenvalue weighted by Gasteiger charge is -2.30. The average molecular weight is 323 g/mol. The molecule has 0 saturated heterocycles. The molecule has 24 heavy (non-hydrogen) atoms. The molecule has 0 spiro atoms. The van der Waals surface area contributed by atoms with Gasteiger partial charge in [-0.05, 0) is 55.7 Å². The van der Waals surface area contributed by atoms with E-state index in [1.54, 1.807) is 6.07 Å². The minimum absolute atomic E-state index is 0.185. The molecule has 5 heteroatoms. The molecule has 0 radical (unpaired) electrons. The van der Waals surface area contributed by atoms with Crippen LogP contribution in [0.1, 0.15) is 23.4 Å². The first-order valence-corrected chi connectivity index (χ1v) is 8.12. The number of benzene rings is 2. The van der Waals surface area contributed by atoms with E-state index in [1.807, 2.05) is 37.3 Å². The van der Waals surface area contributed by atoms with E-state index in [1.165, 1.54) is 11.6 Å². The quantitative estimate of drug-likeness (QED) is 0.726. The van der Waals surface area contributed by atoms with Gasteiger partial charge in [0.1, 0.15) is 5.82 Å². The fraction of sp³-hybridized carbons (Fsp3) is 0.263. The van der Waals surface area contributed by atoms with E-state index in [4.69, 9.17) is 4.42 Å². The molecule has 1 aliphatic heterocycles. The van der Waals surface area contributed by atoms with Gasteiger partial charge in [-0.2, -0.15) is 0 Å². The van der Waals surface area contributed by atoms with Crippen molar-refractivity contribution in [1.82, 2.24) is 10.2 Å². The lowest BCUT2D eigenvalue weighted by Crippen LogP contribution is -2.29. The summed E-state index contributed by atoms with van der Waals surface area (Å²) < 4.78 is 19.2. The fourth-order valence-electron chi connectivity index (χ4n) is 3.10. The Morgan fingerprint density at radius 2 is 1.96 bits per heavy atom. The van der Waals surface area contributed by atoms with Gasteiger partial charge < -0.3 is 9.32 Å². The maximum absolute atomic E-state index is 13.4. The molecule has 0 N–H and O–H groups in total. The van der Waals surface area contributed by atoms with E-state index >= 15 is 0 Å². The molecule has 0 bridgehead atoms. The molecule has 0 fully saturated rings. The Morgan fingerprint density at radius 1 is 1.12 bits per heavy atom. The molecule has 0 atom stereocenters. The van der Waals surface area contributed by atoms with Crippen LogP contribution in [0.25, 0.3) is 11.5 Å². The van der Waals surface area contributed by atoms with E-state index < -0.39 is 0 Å². The molecule has 2 heterocycles. The van der Waals surface area contributed by atoms with Crippen LogP contribution < -0.4 is 4.90 Å². The normalized spacial score (nSPS) is 13.8. The standard InChI is InChI=1S/C19H18FN3O/c1-13-4-6-14(7-5-13)19-22-21-18(24-19)12-23-10-2-3-15-11-16(20)8-9-17(15)23/h4-9,11H,2-3,10,12H2,1H3. The second-order valence-corrected chi connectivity index (χ2v) is 6.17. The third-order valence-electron chi connectivity index (χ3n) is 4.35. The SMILES string of the molecule is Cc1ccc(-c2nnc(CN3CCCc4cc(F)ccc43)o2)cc1. The highest BCUT2D eigenvalue weighted by molar-refractivity contribution is 5.56. The van der Waals surface area contributed by atoms with Crippen molar-refractivity contribution in [1.29, 1.82) is 0 Å². The lowest BCUT2D eigenvalue weighted by atomic mass is 10.0. The predicted molar refractivity (Wildman–Crippen MR) is 90.2 cm³/mol. The first kappa shape index (κ1) is 14.9. The Hall–Kier alpha value is -2.69. The zero-order valence-electron chi connectivity index (χ0n) is 13.5. The molecule has 4 nitrogen and oxygen atoms in total. The van der Waals surface area contributed by atoms with Gasteiger partial charge >= 0.3 is 0 Å². The summed E-state index contributed by atoms with van der Waals surface area (Å²) in [4.78, 5) is 2.17. The van der Waals surface area contributed by atoms with E-state index in [2.05, 4.69) is 15.1 Å². The van der Waals surface area contributed by atoms with Crippen molar-refractivity contribution in [3.8, 4) is 11.5 Å². The summed E-state index contributed by atoms with van der Waals surface area (Å²) in [5.74, 6) is 0.916. The van der Waals surface area contributed by atoms with Crippen molar-refractivity contribution in [3.63, 3.8) is 0 Å². The van der Waals surface area contributed by atoms with Crippen LogP contribution in [0.4, 0.5) is 10.1 Å². The minimum atomic E-state index is -0.185.